The molecule has 1 fully saturated rings. The van der Waals surface area contributed by atoms with E-state index in [0.29, 0.717) is 5.65 Å². The van der Waals surface area contributed by atoms with Crippen LogP contribution < -0.4 is 9.64 Å². The first-order chi connectivity index (χ1) is 10.8. The Kier molecular flexibility index (Phi) is 3.18. The van der Waals surface area contributed by atoms with Crippen molar-refractivity contribution in [1.82, 2.24) is 15.2 Å². The number of nitrogens with one attached hydrogen (secondary N) is 1. The van der Waals surface area contributed by atoms with Gasteiger partial charge in [0.1, 0.15) is 11.9 Å². The highest BCUT2D eigenvalue weighted by Gasteiger charge is 2.25. The van der Waals surface area contributed by atoms with Crippen molar-refractivity contribution >= 4 is 16.7 Å². The lowest BCUT2D eigenvalue weighted by Gasteiger charge is -2.19. The van der Waals surface area contributed by atoms with Gasteiger partial charge in [0, 0.05) is 30.5 Å². The third kappa shape index (κ3) is 2.28. The molecule has 5 nitrogen and oxygen atoms in total. The molecule has 4 rings (SSSR count). The van der Waals surface area contributed by atoms with E-state index in [1.54, 1.807) is 6.20 Å². The van der Waals surface area contributed by atoms with Gasteiger partial charge in [0.15, 0.2) is 5.65 Å². The molecule has 1 aliphatic heterocycles. The number of hydrogen-bond acceptors (Lipinski definition) is 4. The minimum Gasteiger partial charge on any atom is -0.488 e. The Morgan fingerprint density at radius 1 is 1.23 bits per heavy atom. The van der Waals surface area contributed by atoms with Gasteiger partial charge in [-0.2, -0.15) is 5.10 Å². The molecule has 5 heteroatoms. The van der Waals surface area contributed by atoms with Gasteiger partial charge >= 0.3 is 0 Å². The molecule has 1 atom stereocenters. The molecule has 112 valence electrons. The molecular weight excluding hydrogens is 276 g/mol. The third-order valence-electron chi connectivity index (χ3n) is 4.16. The monoisotopic (exact) mass is 294 g/mol. The highest BCUT2D eigenvalue weighted by atomic mass is 16.5. The van der Waals surface area contributed by atoms with Gasteiger partial charge in [0.2, 0.25) is 0 Å². The molecule has 1 N–H and O–H groups in total. The van der Waals surface area contributed by atoms with Crippen LogP contribution in [0.5, 0.6) is 5.75 Å². The average molecular weight is 294 g/mol. The van der Waals surface area contributed by atoms with E-state index < -0.39 is 0 Å². The topological polar surface area (TPSA) is 54.0 Å². The Balaban J connectivity index is 1.53. The predicted octanol–water partition coefficient (Wildman–Crippen LogP) is 2.92. The number of pyridine rings is 1. The minimum atomic E-state index is 0.195. The van der Waals surface area contributed by atoms with Crippen molar-refractivity contribution in [3.8, 4) is 5.75 Å². The molecule has 0 spiro atoms. The van der Waals surface area contributed by atoms with Crippen LogP contribution in [-0.4, -0.2) is 34.4 Å². The fraction of sp³-hybridized carbons (Fsp3) is 0.294. The van der Waals surface area contributed by atoms with Gasteiger partial charge in [0.25, 0.3) is 0 Å². The number of anilines is 1. The first kappa shape index (κ1) is 13.1. The Labute approximate surface area is 128 Å². The third-order valence-corrected chi connectivity index (χ3v) is 4.16. The molecule has 1 aromatic carbocycles. The molecule has 3 heterocycles. The second-order valence-corrected chi connectivity index (χ2v) is 5.67. The molecule has 22 heavy (non-hydrogen) atoms. The van der Waals surface area contributed by atoms with Crippen LogP contribution in [0.3, 0.4) is 0 Å². The summed E-state index contributed by atoms with van der Waals surface area (Å²) in [5, 5.41) is 8.15. The molecule has 0 aliphatic carbocycles. The van der Waals surface area contributed by atoms with Crippen molar-refractivity contribution in [1.29, 1.82) is 0 Å². The first-order valence-electron chi connectivity index (χ1n) is 7.57. The van der Waals surface area contributed by atoms with Gasteiger partial charge in [-0.3, -0.25) is 5.10 Å². The van der Waals surface area contributed by atoms with Crippen molar-refractivity contribution < 1.29 is 4.74 Å². The normalized spacial score (nSPS) is 18.0. The van der Waals surface area contributed by atoms with Crippen LogP contribution in [-0.2, 0) is 0 Å². The lowest BCUT2D eigenvalue weighted by atomic mass is 10.2. The number of rotatable bonds is 3. The van der Waals surface area contributed by atoms with Gasteiger partial charge < -0.3 is 9.64 Å². The van der Waals surface area contributed by atoms with Crippen molar-refractivity contribution in [2.45, 2.75) is 19.4 Å². The number of nitrogens with zero attached hydrogens (tertiary/aromatic N) is 3. The molecule has 3 aromatic rings. The Morgan fingerprint density at radius 3 is 2.95 bits per heavy atom. The molecule has 1 saturated heterocycles. The lowest BCUT2D eigenvalue weighted by Crippen LogP contribution is -2.24. The SMILES string of the molecule is Cc1[nH]nc2nccc(OC3CCN(c4ccccc4)C3)c12. The van der Waals surface area contributed by atoms with Crippen LogP contribution in [0.2, 0.25) is 0 Å². The first-order valence-corrected chi connectivity index (χ1v) is 7.57. The summed E-state index contributed by atoms with van der Waals surface area (Å²) in [6.45, 7) is 3.92. The second kappa shape index (κ2) is 5.33. The number of fused-ring (bicyclic) bond motifs is 1. The molecular formula is C17H18N4O. The van der Waals surface area contributed by atoms with E-state index in [2.05, 4.69) is 44.3 Å². The number of aromatic nitrogens is 3. The Hall–Kier alpha value is -2.56. The standard InChI is InChI=1S/C17H18N4O/c1-12-16-15(7-9-18-17(16)20-19-12)22-14-8-10-21(11-14)13-5-3-2-4-6-13/h2-7,9,14H,8,10-11H2,1H3,(H,18,19,20). The fourth-order valence-corrected chi connectivity index (χ4v) is 3.04. The quantitative estimate of drug-likeness (QED) is 0.807. The van der Waals surface area contributed by atoms with Gasteiger partial charge in [-0.25, -0.2) is 4.98 Å². The van der Waals surface area contributed by atoms with E-state index in [-0.39, 0.29) is 6.10 Å². The number of hydrogen-bond donors (Lipinski definition) is 1. The Bertz CT molecular complexity index is 784. The van der Waals surface area contributed by atoms with E-state index in [1.165, 1.54) is 5.69 Å². The highest BCUT2D eigenvalue weighted by molar-refractivity contribution is 5.84. The number of benzene rings is 1. The summed E-state index contributed by atoms with van der Waals surface area (Å²) in [6.07, 6.45) is 2.97. The number of H-pyrrole nitrogens is 1. The maximum atomic E-state index is 6.24. The zero-order chi connectivity index (χ0) is 14.9. The summed E-state index contributed by atoms with van der Waals surface area (Å²) in [7, 11) is 0. The predicted molar refractivity (Wildman–Crippen MR) is 86.3 cm³/mol. The summed E-state index contributed by atoms with van der Waals surface area (Å²) in [6, 6.07) is 12.4. The molecule has 0 radical (unpaired) electrons. The van der Waals surface area contributed by atoms with Crippen LogP contribution in [0.4, 0.5) is 5.69 Å². The van der Waals surface area contributed by atoms with Crippen molar-refractivity contribution in [3.63, 3.8) is 0 Å². The van der Waals surface area contributed by atoms with Gasteiger partial charge in [-0.1, -0.05) is 18.2 Å². The molecule has 1 aliphatic rings. The number of para-hydroxylation sites is 1. The van der Waals surface area contributed by atoms with E-state index in [1.807, 2.05) is 19.1 Å². The Morgan fingerprint density at radius 2 is 2.09 bits per heavy atom. The largest absolute Gasteiger partial charge is 0.488 e. The number of ether oxygens (including phenoxy) is 1. The summed E-state index contributed by atoms with van der Waals surface area (Å²) in [5.41, 5.74) is 2.97. The number of aryl methyl sites for hydroxylation is 1. The molecule has 2 aromatic heterocycles. The zero-order valence-corrected chi connectivity index (χ0v) is 12.5. The summed E-state index contributed by atoms with van der Waals surface area (Å²) >= 11 is 0. The van der Waals surface area contributed by atoms with Crippen molar-refractivity contribution in [2.75, 3.05) is 18.0 Å². The van der Waals surface area contributed by atoms with E-state index >= 15 is 0 Å². The molecule has 0 amide bonds. The molecule has 0 bridgehead atoms. The van der Waals surface area contributed by atoms with E-state index in [4.69, 9.17) is 4.74 Å². The smallest absolute Gasteiger partial charge is 0.184 e. The second-order valence-electron chi connectivity index (χ2n) is 5.67. The minimum absolute atomic E-state index is 0.195. The van der Waals surface area contributed by atoms with Crippen LogP contribution in [0.1, 0.15) is 12.1 Å². The van der Waals surface area contributed by atoms with E-state index in [0.717, 1.165) is 36.3 Å². The van der Waals surface area contributed by atoms with Crippen molar-refractivity contribution in [2.24, 2.45) is 0 Å². The molecule has 1 unspecified atom stereocenters. The van der Waals surface area contributed by atoms with Gasteiger partial charge in [-0.15, -0.1) is 0 Å². The zero-order valence-electron chi connectivity index (χ0n) is 12.5. The van der Waals surface area contributed by atoms with Crippen LogP contribution in [0, 0.1) is 6.92 Å². The van der Waals surface area contributed by atoms with Crippen LogP contribution >= 0.6 is 0 Å². The summed E-state index contributed by atoms with van der Waals surface area (Å²) in [5.74, 6) is 0.871. The number of aromatic amines is 1. The summed E-state index contributed by atoms with van der Waals surface area (Å²) < 4.78 is 6.24. The van der Waals surface area contributed by atoms with Gasteiger partial charge in [0.05, 0.1) is 11.9 Å². The fourth-order valence-electron chi connectivity index (χ4n) is 3.04. The van der Waals surface area contributed by atoms with Crippen LogP contribution in [0.15, 0.2) is 42.6 Å². The van der Waals surface area contributed by atoms with E-state index in [9.17, 15) is 0 Å². The van der Waals surface area contributed by atoms with Gasteiger partial charge in [-0.05, 0) is 25.1 Å². The van der Waals surface area contributed by atoms with Crippen LogP contribution in [0.25, 0.3) is 11.0 Å². The maximum absolute atomic E-state index is 6.24. The lowest BCUT2D eigenvalue weighted by molar-refractivity contribution is 0.227. The molecule has 0 saturated carbocycles. The highest BCUT2D eigenvalue weighted by Crippen LogP contribution is 2.29. The van der Waals surface area contributed by atoms with Crippen molar-refractivity contribution in [3.05, 3.63) is 48.3 Å². The maximum Gasteiger partial charge on any atom is 0.184 e. The summed E-state index contributed by atoms with van der Waals surface area (Å²) in [4.78, 5) is 6.63. The average Bonchev–Trinajstić information content (AvgIpc) is 3.16.